The van der Waals surface area contributed by atoms with Crippen molar-refractivity contribution in [1.82, 2.24) is 4.98 Å². The van der Waals surface area contributed by atoms with Crippen molar-refractivity contribution in [3.05, 3.63) is 41.6 Å². The molecule has 0 aliphatic heterocycles. The molecule has 1 aromatic heterocycles. The van der Waals surface area contributed by atoms with Crippen LogP contribution in [0.3, 0.4) is 0 Å². The van der Waals surface area contributed by atoms with Gasteiger partial charge < -0.3 is 9.84 Å². The van der Waals surface area contributed by atoms with Crippen LogP contribution >= 0.6 is 0 Å². The molecule has 3 heteroatoms. The number of hydrogen-bond acceptors (Lipinski definition) is 3. The Bertz CT molecular complexity index is 525. The highest BCUT2D eigenvalue weighted by molar-refractivity contribution is 5.82. The molecule has 1 unspecified atom stereocenters. The predicted octanol–water partition coefficient (Wildman–Crippen LogP) is 3.00. The summed E-state index contributed by atoms with van der Waals surface area (Å²) in [6, 6.07) is 9.80. The van der Waals surface area contributed by atoms with E-state index in [1.54, 1.807) is 0 Å². The fourth-order valence-electron chi connectivity index (χ4n) is 2.05. The average molecular weight is 245 g/mol. The topological polar surface area (TPSA) is 42.4 Å². The fraction of sp³-hybridized carbons (Fsp3) is 0.400. The van der Waals surface area contributed by atoms with E-state index in [0.717, 1.165) is 28.6 Å². The van der Waals surface area contributed by atoms with Crippen LogP contribution < -0.4 is 0 Å². The van der Waals surface area contributed by atoms with Crippen LogP contribution in [0.1, 0.15) is 30.7 Å². The first kappa shape index (κ1) is 13.0. The van der Waals surface area contributed by atoms with Crippen LogP contribution in [0, 0.1) is 6.92 Å². The molecule has 96 valence electrons. The molecule has 1 aromatic carbocycles. The third-order valence-corrected chi connectivity index (χ3v) is 2.86. The number of nitrogens with zero attached hydrogens (tertiary/aromatic N) is 1. The first-order valence-electron chi connectivity index (χ1n) is 6.34. The minimum absolute atomic E-state index is 0.335. The molecule has 1 atom stereocenters. The van der Waals surface area contributed by atoms with Crippen molar-refractivity contribution in [3.8, 4) is 0 Å². The quantitative estimate of drug-likeness (QED) is 0.823. The number of aliphatic hydroxyl groups excluding tert-OH is 1. The van der Waals surface area contributed by atoms with Gasteiger partial charge in [0.25, 0.3) is 0 Å². The Labute approximate surface area is 107 Å². The van der Waals surface area contributed by atoms with Crippen molar-refractivity contribution in [2.24, 2.45) is 0 Å². The molecule has 0 bridgehead atoms. The Kier molecular flexibility index (Phi) is 4.28. The fourth-order valence-corrected chi connectivity index (χ4v) is 2.05. The van der Waals surface area contributed by atoms with Crippen LogP contribution in [0.2, 0.25) is 0 Å². The third kappa shape index (κ3) is 2.86. The zero-order valence-corrected chi connectivity index (χ0v) is 10.9. The van der Waals surface area contributed by atoms with Crippen LogP contribution in [0.4, 0.5) is 0 Å². The number of fused-ring (bicyclic) bond motifs is 1. The van der Waals surface area contributed by atoms with E-state index in [1.807, 2.05) is 37.3 Å². The van der Waals surface area contributed by atoms with E-state index in [4.69, 9.17) is 4.74 Å². The van der Waals surface area contributed by atoms with Gasteiger partial charge in [0.15, 0.2) is 0 Å². The Morgan fingerprint density at radius 1 is 1.33 bits per heavy atom. The summed E-state index contributed by atoms with van der Waals surface area (Å²) in [6.07, 6.45) is 0.367. The van der Waals surface area contributed by atoms with Gasteiger partial charge in [-0.05, 0) is 31.0 Å². The van der Waals surface area contributed by atoms with E-state index >= 15 is 0 Å². The monoisotopic (exact) mass is 245 g/mol. The molecule has 3 nitrogen and oxygen atoms in total. The first-order chi connectivity index (χ1) is 8.72. The van der Waals surface area contributed by atoms with Crippen molar-refractivity contribution in [2.75, 3.05) is 13.2 Å². The first-order valence-corrected chi connectivity index (χ1v) is 6.34. The predicted molar refractivity (Wildman–Crippen MR) is 72.5 cm³/mol. The number of para-hydroxylation sites is 1. The molecule has 1 N–H and O–H groups in total. The van der Waals surface area contributed by atoms with Crippen molar-refractivity contribution >= 4 is 10.9 Å². The van der Waals surface area contributed by atoms with E-state index in [2.05, 4.69) is 11.9 Å². The molecule has 0 amide bonds. The summed E-state index contributed by atoms with van der Waals surface area (Å²) < 4.78 is 5.42. The average Bonchev–Trinajstić information content (AvgIpc) is 2.38. The normalized spacial score (nSPS) is 12.8. The lowest BCUT2D eigenvalue weighted by molar-refractivity contribution is 0.0370. The standard InChI is InChI=1S/C15H19NO2/c1-3-8-18-10-15(17)13-9-11(2)16-14-7-5-4-6-12(13)14/h4-7,9,15,17H,3,8,10H2,1-2H3. The Balaban J connectivity index is 2.31. The van der Waals surface area contributed by atoms with Crippen LogP contribution in [0.25, 0.3) is 10.9 Å². The summed E-state index contributed by atoms with van der Waals surface area (Å²) in [6.45, 7) is 5.01. The van der Waals surface area contributed by atoms with Gasteiger partial charge in [-0.1, -0.05) is 25.1 Å². The molecule has 2 rings (SSSR count). The second kappa shape index (κ2) is 5.94. The molecule has 0 spiro atoms. The maximum Gasteiger partial charge on any atom is 0.103 e. The number of benzene rings is 1. The Morgan fingerprint density at radius 2 is 2.11 bits per heavy atom. The maximum absolute atomic E-state index is 10.2. The van der Waals surface area contributed by atoms with Gasteiger partial charge in [0.05, 0.1) is 12.1 Å². The summed E-state index contributed by atoms with van der Waals surface area (Å²) in [5.74, 6) is 0. The number of aliphatic hydroxyl groups is 1. The van der Waals surface area contributed by atoms with E-state index in [-0.39, 0.29) is 0 Å². The largest absolute Gasteiger partial charge is 0.386 e. The third-order valence-electron chi connectivity index (χ3n) is 2.86. The van der Waals surface area contributed by atoms with Gasteiger partial charge in [-0.2, -0.15) is 0 Å². The highest BCUT2D eigenvalue weighted by Gasteiger charge is 2.12. The van der Waals surface area contributed by atoms with Crippen LogP contribution in [0.15, 0.2) is 30.3 Å². The minimum atomic E-state index is -0.594. The van der Waals surface area contributed by atoms with E-state index < -0.39 is 6.10 Å². The molecular formula is C15H19NO2. The summed E-state index contributed by atoms with van der Waals surface area (Å²) >= 11 is 0. The lowest BCUT2D eigenvalue weighted by Gasteiger charge is -2.14. The van der Waals surface area contributed by atoms with Gasteiger partial charge in [0, 0.05) is 17.7 Å². The Hall–Kier alpha value is -1.45. The summed E-state index contributed by atoms with van der Waals surface area (Å²) in [5, 5.41) is 11.2. The molecular weight excluding hydrogens is 226 g/mol. The zero-order valence-electron chi connectivity index (χ0n) is 10.9. The highest BCUT2D eigenvalue weighted by atomic mass is 16.5. The number of aryl methyl sites for hydroxylation is 1. The van der Waals surface area contributed by atoms with E-state index in [0.29, 0.717) is 13.2 Å². The molecule has 18 heavy (non-hydrogen) atoms. The van der Waals surface area contributed by atoms with E-state index in [1.165, 1.54) is 0 Å². The molecule has 0 radical (unpaired) electrons. The molecule has 0 saturated carbocycles. The van der Waals surface area contributed by atoms with Crippen molar-refractivity contribution in [2.45, 2.75) is 26.4 Å². The van der Waals surface area contributed by atoms with Gasteiger partial charge in [0.1, 0.15) is 6.10 Å². The second-order valence-corrected chi connectivity index (χ2v) is 4.46. The van der Waals surface area contributed by atoms with Gasteiger partial charge in [0.2, 0.25) is 0 Å². The minimum Gasteiger partial charge on any atom is -0.386 e. The smallest absolute Gasteiger partial charge is 0.103 e. The summed E-state index contributed by atoms with van der Waals surface area (Å²) in [4.78, 5) is 4.46. The lowest BCUT2D eigenvalue weighted by atomic mass is 10.0. The van der Waals surface area contributed by atoms with Crippen LogP contribution in [-0.4, -0.2) is 23.3 Å². The number of pyridine rings is 1. The second-order valence-electron chi connectivity index (χ2n) is 4.46. The van der Waals surface area contributed by atoms with Crippen LogP contribution in [-0.2, 0) is 4.74 Å². The SMILES string of the molecule is CCCOCC(O)c1cc(C)nc2ccccc12. The zero-order chi connectivity index (χ0) is 13.0. The van der Waals surface area contributed by atoms with Crippen molar-refractivity contribution in [3.63, 3.8) is 0 Å². The number of ether oxygens (including phenoxy) is 1. The van der Waals surface area contributed by atoms with Gasteiger partial charge in [-0.15, -0.1) is 0 Å². The summed E-state index contributed by atoms with van der Waals surface area (Å²) in [7, 11) is 0. The number of aromatic nitrogens is 1. The van der Waals surface area contributed by atoms with Gasteiger partial charge >= 0.3 is 0 Å². The molecule has 0 aliphatic rings. The highest BCUT2D eigenvalue weighted by Crippen LogP contribution is 2.24. The molecule has 0 aliphatic carbocycles. The lowest BCUT2D eigenvalue weighted by Crippen LogP contribution is -2.09. The van der Waals surface area contributed by atoms with E-state index in [9.17, 15) is 5.11 Å². The summed E-state index contributed by atoms with van der Waals surface area (Å²) in [5.41, 5.74) is 2.73. The van der Waals surface area contributed by atoms with Gasteiger partial charge in [-0.3, -0.25) is 4.98 Å². The Morgan fingerprint density at radius 3 is 2.89 bits per heavy atom. The van der Waals surface area contributed by atoms with Crippen molar-refractivity contribution in [1.29, 1.82) is 0 Å². The van der Waals surface area contributed by atoms with Crippen molar-refractivity contribution < 1.29 is 9.84 Å². The molecule has 0 saturated heterocycles. The molecule has 2 aromatic rings. The van der Waals surface area contributed by atoms with Crippen LogP contribution in [0.5, 0.6) is 0 Å². The number of hydrogen-bond donors (Lipinski definition) is 1. The van der Waals surface area contributed by atoms with Gasteiger partial charge in [-0.25, -0.2) is 0 Å². The molecule has 0 fully saturated rings. The maximum atomic E-state index is 10.2. The number of rotatable bonds is 5. The molecule has 1 heterocycles.